The number of nitrogens with one attached hydrogen (secondary N) is 1. The normalized spacial score (nSPS) is 15.5. The van der Waals surface area contributed by atoms with Crippen molar-refractivity contribution in [3.63, 3.8) is 0 Å². The number of carbonyl (C=O) groups excluding carboxylic acids is 2. The quantitative estimate of drug-likeness (QED) is 0.629. The third-order valence-corrected chi connectivity index (χ3v) is 4.05. The van der Waals surface area contributed by atoms with Crippen LogP contribution in [0, 0.1) is 0 Å². The molecule has 0 bridgehead atoms. The third-order valence-electron chi connectivity index (χ3n) is 3.17. The van der Waals surface area contributed by atoms with Gasteiger partial charge >= 0.3 is 5.97 Å². The Morgan fingerprint density at radius 2 is 2.10 bits per heavy atom. The van der Waals surface area contributed by atoms with Crippen LogP contribution < -0.4 is 11.1 Å². The average Bonchev–Trinajstić information content (AvgIpc) is 2.48. The van der Waals surface area contributed by atoms with Crippen LogP contribution in [0.1, 0.15) is 23.2 Å². The molecule has 0 aromatic heterocycles. The van der Waals surface area contributed by atoms with Gasteiger partial charge in [-0.25, -0.2) is 4.79 Å². The van der Waals surface area contributed by atoms with Crippen molar-refractivity contribution in [2.75, 3.05) is 25.6 Å². The first-order chi connectivity index (χ1) is 10.1. The van der Waals surface area contributed by atoms with Crippen LogP contribution in [0.2, 0.25) is 0 Å². The first-order valence-corrected chi connectivity index (χ1v) is 7.45. The monoisotopic (exact) mass is 356 g/mol. The van der Waals surface area contributed by atoms with Crippen molar-refractivity contribution >= 4 is 33.5 Å². The molecule has 21 heavy (non-hydrogen) atoms. The first kappa shape index (κ1) is 15.8. The Balaban J connectivity index is 1.83. The highest BCUT2D eigenvalue weighted by atomic mass is 79.9. The number of nitrogens with two attached hydrogens (primary N) is 1. The Hall–Kier alpha value is -1.60. The van der Waals surface area contributed by atoms with Crippen molar-refractivity contribution in [1.82, 2.24) is 5.32 Å². The van der Waals surface area contributed by atoms with Crippen LogP contribution >= 0.6 is 15.9 Å². The van der Waals surface area contributed by atoms with Crippen molar-refractivity contribution in [2.45, 2.75) is 18.9 Å². The smallest absolute Gasteiger partial charge is 0.339 e. The number of hydrogen-bond donors (Lipinski definition) is 2. The van der Waals surface area contributed by atoms with Gasteiger partial charge in [-0.15, -0.1) is 0 Å². The molecule has 1 aromatic carbocycles. The predicted molar refractivity (Wildman–Crippen MR) is 80.8 cm³/mol. The molecule has 0 aliphatic carbocycles. The lowest BCUT2D eigenvalue weighted by Crippen LogP contribution is -2.41. The summed E-state index contributed by atoms with van der Waals surface area (Å²) in [6, 6.07) is 4.99. The number of halogens is 1. The van der Waals surface area contributed by atoms with E-state index in [1.54, 1.807) is 18.2 Å². The van der Waals surface area contributed by atoms with Crippen molar-refractivity contribution in [3.8, 4) is 0 Å². The molecule has 114 valence electrons. The molecule has 0 radical (unpaired) electrons. The zero-order valence-electron chi connectivity index (χ0n) is 11.4. The summed E-state index contributed by atoms with van der Waals surface area (Å²) in [5.74, 6) is -0.897. The summed E-state index contributed by atoms with van der Waals surface area (Å²) in [5.41, 5.74) is 6.43. The number of hydrogen-bond acceptors (Lipinski definition) is 5. The number of benzene rings is 1. The second-order valence-electron chi connectivity index (χ2n) is 4.74. The van der Waals surface area contributed by atoms with Crippen LogP contribution in [-0.2, 0) is 14.3 Å². The molecule has 7 heteroatoms. The summed E-state index contributed by atoms with van der Waals surface area (Å²) in [6.07, 6.45) is 1.56. The van der Waals surface area contributed by atoms with Gasteiger partial charge in [0, 0.05) is 24.9 Å². The van der Waals surface area contributed by atoms with Crippen molar-refractivity contribution in [3.05, 3.63) is 28.2 Å². The Morgan fingerprint density at radius 3 is 2.81 bits per heavy atom. The number of carbonyl (C=O) groups is 2. The van der Waals surface area contributed by atoms with Crippen molar-refractivity contribution in [2.24, 2.45) is 0 Å². The average molecular weight is 357 g/mol. The molecule has 1 aromatic rings. The zero-order chi connectivity index (χ0) is 15.2. The maximum absolute atomic E-state index is 11.9. The second kappa shape index (κ2) is 7.42. The minimum Gasteiger partial charge on any atom is -0.452 e. The summed E-state index contributed by atoms with van der Waals surface area (Å²) in [4.78, 5) is 23.6. The van der Waals surface area contributed by atoms with Gasteiger partial charge in [0.05, 0.1) is 10.0 Å². The summed E-state index contributed by atoms with van der Waals surface area (Å²) < 4.78 is 10.7. The van der Waals surface area contributed by atoms with Gasteiger partial charge in [-0.2, -0.15) is 0 Å². The van der Waals surface area contributed by atoms with E-state index in [1.165, 1.54) is 0 Å². The summed E-state index contributed by atoms with van der Waals surface area (Å²) >= 11 is 3.23. The standard InChI is InChI=1S/C14H17BrN2O4/c15-13-10(2-1-3-11(13)16)14(19)21-8-12(18)17-9-4-6-20-7-5-9/h1-3,9H,4-8,16H2,(H,17,18). The highest BCUT2D eigenvalue weighted by molar-refractivity contribution is 9.10. The largest absolute Gasteiger partial charge is 0.452 e. The lowest BCUT2D eigenvalue weighted by atomic mass is 10.1. The molecule has 1 saturated heterocycles. The fraction of sp³-hybridized carbons (Fsp3) is 0.429. The summed E-state index contributed by atoms with van der Waals surface area (Å²) in [7, 11) is 0. The molecule has 1 amide bonds. The molecule has 0 spiro atoms. The van der Waals surface area contributed by atoms with Crippen LogP contribution in [-0.4, -0.2) is 37.7 Å². The van der Waals surface area contributed by atoms with Gasteiger partial charge in [-0.3, -0.25) is 4.79 Å². The van der Waals surface area contributed by atoms with E-state index in [1.807, 2.05) is 0 Å². The molecule has 3 N–H and O–H groups in total. The van der Waals surface area contributed by atoms with Crippen LogP contribution in [0.4, 0.5) is 5.69 Å². The highest BCUT2D eigenvalue weighted by Crippen LogP contribution is 2.24. The fourth-order valence-electron chi connectivity index (χ4n) is 2.03. The number of ether oxygens (including phenoxy) is 2. The van der Waals surface area contributed by atoms with Gasteiger partial charge in [0.25, 0.3) is 5.91 Å². The minimum absolute atomic E-state index is 0.0871. The lowest BCUT2D eigenvalue weighted by Gasteiger charge is -2.22. The van der Waals surface area contributed by atoms with Gasteiger partial charge in [-0.1, -0.05) is 6.07 Å². The van der Waals surface area contributed by atoms with E-state index >= 15 is 0 Å². The van der Waals surface area contributed by atoms with Crippen molar-refractivity contribution < 1.29 is 19.1 Å². The molecule has 0 saturated carbocycles. The molecule has 1 aliphatic heterocycles. The molecule has 1 fully saturated rings. The molecule has 0 unspecified atom stereocenters. The number of esters is 1. The van der Waals surface area contributed by atoms with Gasteiger partial charge < -0.3 is 20.5 Å². The predicted octanol–water partition coefficient (Wildman–Crippen LogP) is 1.48. The van der Waals surface area contributed by atoms with E-state index in [9.17, 15) is 9.59 Å². The molecule has 1 heterocycles. The van der Waals surface area contributed by atoms with Crippen LogP contribution in [0.15, 0.2) is 22.7 Å². The summed E-state index contributed by atoms with van der Waals surface area (Å²) in [6.45, 7) is 0.972. The van der Waals surface area contributed by atoms with E-state index in [-0.39, 0.29) is 18.6 Å². The molecule has 6 nitrogen and oxygen atoms in total. The van der Waals surface area contributed by atoms with Crippen LogP contribution in [0.3, 0.4) is 0 Å². The number of nitrogen functional groups attached to an aromatic ring is 1. The topological polar surface area (TPSA) is 90.7 Å². The SMILES string of the molecule is Nc1cccc(C(=O)OCC(=O)NC2CCOCC2)c1Br. The van der Waals surface area contributed by atoms with Crippen molar-refractivity contribution in [1.29, 1.82) is 0 Å². The van der Waals surface area contributed by atoms with Crippen LogP contribution in [0.5, 0.6) is 0 Å². The number of rotatable bonds is 4. The number of anilines is 1. The molecule has 2 rings (SSSR count). The maximum atomic E-state index is 11.9. The molecular weight excluding hydrogens is 340 g/mol. The fourth-order valence-corrected chi connectivity index (χ4v) is 2.45. The van der Waals surface area contributed by atoms with E-state index in [4.69, 9.17) is 15.2 Å². The number of amides is 1. The van der Waals surface area contributed by atoms with Gasteiger partial charge in [-0.05, 0) is 40.9 Å². The maximum Gasteiger partial charge on any atom is 0.339 e. The lowest BCUT2D eigenvalue weighted by molar-refractivity contribution is -0.125. The van der Waals surface area contributed by atoms with E-state index in [0.717, 1.165) is 12.8 Å². The van der Waals surface area contributed by atoms with Gasteiger partial charge in [0.1, 0.15) is 0 Å². The first-order valence-electron chi connectivity index (χ1n) is 6.66. The molecule has 0 atom stereocenters. The molecular formula is C14H17BrN2O4. The van der Waals surface area contributed by atoms with E-state index in [2.05, 4.69) is 21.2 Å². The third kappa shape index (κ3) is 4.44. The Kier molecular flexibility index (Phi) is 5.58. The van der Waals surface area contributed by atoms with Gasteiger partial charge in [0.15, 0.2) is 6.61 Å². The van der Waals surface area contributed by atoms with Gasteiger partial charge in [0.2, 0.25) is 0 Å². The molecule has 1 aliphatic rings. The van der Waals surface area contributed by atoms with Crippen LogP contribution in [0.25, 0.3) is 0 Å². The Labute approximate surface area is 131 Å². The summed E-state index contributed by atoms with van der Waals surface area (Å²) in [5, 5.41) is 2.82. The van der Waals surface area contributed by atoms with E-state index in [0.29, 0.717) is 28.9 Å². The minimum atomic E-state index is -0.587. The zero-order valence-corrected chi connectivity index (χ0v) is 13.0. The Bertz CT molecular complexity index is 530. The van der Waals surface area contributed by atoms with E-state index < -0.39 is 5.97 Å². The Morgan fingerprint density at radius 1 is 1.38 bits per heavy atom. The second-order valence-corrected chi connectivity index (χ2v) is 5.53. The highest BCUT2D eigenvalue weighted by Gasteiger charge is 2.18.